The molecule has 0 unspecified atom stereocenters. The number of aromatic nitrogens is 2. The fraction of sp³-hybridized carbons (Fsp3) is 0.750. The molecule has 118 valence electrons. The van der Waals surface area contributed by atoms with Gasteiger partial charge in [-0.1, -0.05) is 31.5 Å². The van der Waals surface area contributed by atoms with Gasteiger partial charge < -0.3 is 4.90 Å². The highest BCUT2D eigenvalue weighted by Crippen LogP contribution is 2.11. The highest BCUT2D eigenvalue weighted by molar-refractivity contribution is 7.98. The molecule has 2 rings (SSSR count). The van der Waals surface area contributed by atoms with Crippen molar-refractivity contribution >= 4 is 11.8 Å². The lowest BCUT2D eigenvalue weighted by Crippen LogP contribution is -2.35. The number of likely N-dealkylation sites (tertiary alicyclic amines) is 1. The molecule has 1 saturated heterocycles. The van der Waals surface area contributed by atoms with E-state index in [1.165, 1.54) is 50.9 Å². The first-order valence-electron chi connectivity index (χ1n) is 8.11. The molecular weight excluding hydrogens is 280 g/mol. The summed E-state index contributed by atoms with van der Waals surface area (Å²) in [7, 11) is 0. The van der Waals surface area contributed by atoms with Gasteiger partial charge in [-0.25, -0.2) is 9.97 Å². The van der Waals surface area contributed by atoms with Crippen LogP contribution < -0.4 is 0 Å². The second kappa shape index (κ2) is 9.38. The Hall–Kier alpha value is -0.650. The quantitative estimate of drug-likeness (QED) is 0.571. The van der Waals surface area contributed by atoms with E-state index in [2.05, 4.69) is 26.7 Å². The van der Waals surface area contributed by atoms with Crippen molar-refractivity contribution < 1.29 is 0 Å². The Morgan fingerprint density at radius 1 is 1.14 bits per heavy atom. The molecule has 1 aromatic heterocycles. The van der Waals surface area contributed by atoms with E-state index in [0.717, 1.165) is 24.8 Å². The molecule has 21 heavy (non-hydrogen) atoms. The molecule has 0 saturated carbocycles. The summed E-state index contributed by atoms with van der Waals surface area (Å²) in [5.41, 5.74) is 1.21. The first-order valence-corrected chi connectivity index (χ1v) is 9.34. The van der Waals surface area contributed by atoms with Crippen molar-refractivity contribution in [2.75, 3.05) is 39.0 Å². The van der Waals surface area contributed by atoms with Crippen LogP contribution in [0.5, 0.6) is 0 Å². The van der Waals surface area contributed by atoms with Gasteiger partial charge in [-0.3, -0.25) is 4.90 Å². The van der Waals surface area contributed by atoms with Crippen molar-refractivity contribution in [1.29, 1.82) is 0 Å². The molecule has 2 heterocycles. The van der Waals surface area contributed by atoms with Crippen LogP contribution in [0.15, 0.2) is 17.6 Å². The molecular formula is C16H28N4S. The van der Waals surface area contributed by atoms with Crippen molar-refractivity contribution in [3.05, 3.63) is 18.0 Å². The van der Waals surface area contributed by atoms with E-state index >= 15 is 0 Å². The van der Waals surface area contributed by atoms with Crippen molar-refractivity contribution in [2.24, 2.45) is 0 Å². The predicted molar refractivity (Wildman–Crippen MR) is 89.7 cm³/mol. The van der Waals surface area contributed by atoms with Crippen molar-refractivity contribution in [3.8, 4) is 0 Å². The largest absolute Gasteiger partial charge is 0.302 e. The predicted octanol–water partition coefficient (Wildman–Crippen LogP) is 2.90. The Kier molecular flexibility index (Phi) is 7.47. The second-order valence-corrected chi connectivity index (χ2v) is 6.48. The Balaban J connectivity index is 1.78. The minimum absolute atomic E-state index is 0.853. The summed E-state index contributed by atoms with van der Waals surface area (Å²) in [4.78, 5) is 13.8. The van der Waals surface area contributed by atoms with Gasteiger partial charge in [-0.2, -0.15) is 0 Å². The zero-order chi connectivity index (χ0) is 14.9. The van der Waals surface area contributed by atoms with Crippen LogP contribution in [0.2, 0.25) is 0 Å². The number of likely N-dealkylation sites (N-methyl/N-ethyl adjacent to an activating group) is 1. The number of thioether (sulfide) groups is 1. The third-order valence-corrected chi connectivity index (χ3v) is 4.72. The summed E-state index contributed by atoms with van der Waals surface area (Å²) in [6.45, 7) is 9.17. The van der Waals surface area contributed by atoms with Gasteiger partial charge in [0.05, 0.1) is 0 Å². The highest BCUT2D eigenvalue weighted by atomic mass is 32.2. The van der Waals surface area contributed by atoms with E-state index in [1.54, 1.807) is 11.8 Å². The molecule has 1 aliphatic rings. The normalized spacial score (nSPS) is 17.1. The highest BCUT2D eigenvalue weighted by Gasteiger charge is 2.11. The Morgan fingerprint density at radius 3 is 2.38 bits per heavy atom. The molecule has 4 nitrogen and oxygen atoms in total. The van der Waals surface area contributed by atoms with Crippen molar-refractivity contribution in [3.63, 3.8) is 0 Å². The van der Waals surface area contributed by atoms with E-state index in [-0.39, 0.29) is 0 Å². The maximum Gasteiger partial charge on any atom is 0.187 e. The zero-order valence-electron chi connectivity index (χ0n) is 13.4. The average molecular weight is 308 g/mol. The van der Waals surface area contributed by atoms with E-state index in [0.29, 0.717) is 0 Å². The molecule has 0 atom stereocenters. The Bertz CT molecular complexity index is 388. The molecule has 1 fully saturated rings. The van der Waals surface area contributed by atoms with Gasteiger partial charge >= 0.3 is 0 Å². The fourth-order valence-electron chi connectivity index (χ4n) is 2.78. The van der Waals surface area contributed by atoms with Gasteiger partial charge in [-0.05, 0) is 38.7 Å². The van der Waals surface area contributed by atoms with Gasteiger partial charge in [0.2, 0.25) is 0 Å². The van der Waals surface area contributed by atoms with Crippen LogP contribution in [0.1, 0.15) is 38.2 Å². The van der Waals surface area contributed by atoms with Crippen LogP contribution >= 0.6 is 11.8 Å². The van der Waals surface area contributed by atoms with Gasteiger partial charge in [0.25, 0.3) is 0 Å². The fourth-order valence-corrected chi connectivity index (χ4v) is 3.10. The molecule has 0 spiro atoms. The number of hydrogen-bond donors (Lipinski definition) is 0. The topological polar surface area (TPSA) is 32.3 Å². The maximum atomic E-state index is 4.36. The molecule has 0 aliphatic carbocycles. The van der Waals surface area contributed by atoms with E-state index in [4.69, 9.17) is 0 Å². The number of hydrogen-bond acceptors (Lipinski definition) is 5. The summed E-state index contributed by atoms with van der Waals surface area (Å²) in [5, 5.41) is 0.853. The Labute approximate surface area is 133 Å². The molecule has 0 radical (unpaired) electrons. The monoisotopic (exact) mass is 308 g/mol. The summed E-state index contributed by atoms with van der Waals surface area (Å²) >= 11 is 1.59. The van der Waals surface area contributed by atoms with Crippen molar-refractivity contribution in [2.45, 2.75) is 44.3 Å². The molecule has 0 N–H and O–H groups in total. The van der Waals surface area contributed by atoms with Crippen molar-refractivity contribution in [1.82, 2.24) is 19.8 Å². The zero-order valence-corrected chi connectivity index (χ0v) is 14.2. The molecule has 1 aromatic rings. The summed E-state index contributed by atoms with van der Waals surface area (Å²) in [6, 6.07) is 0. The molecule has 5 heteroatoms. The van der Waals surface area contributed by atoms with Crippen LogP contribution in [-0.2, 0) is 6.54 Å². The maximum absolute atomic E-state index is 4.36. The SMILES string of the molecule is CCN(CCN1CCCCCC1)Cc1cnc(SC)nc1. The molecule has 0 amide bonds. The summed E-state index contributed by atoms with van der Waals surface area (Å²) in [6.07, 6.45) is 11.5. The first-order chi connectivity index (χ1) is 10.3. The van der Waals surface area contributed by atoms with Crippen LogP contribution in [0, 0.1) is 0 Å². The van der Waals surface area contributed by atoms with Gasteiger partial charge in [0.1, 0.15) is 0 Å². The lowest BCUT2D eigenvalue weighted by atomic mass is 10.2. The van der Waals surface area contributed by atoms with E-state index in [9.17, 15) is 0 Å². The third-order valence-electron chi connectivity index (χ3n) is 4.15. The van der Waals surface area contributed by atoms with E-state index in [1.807, 2.05) is 18.6 Å². The minimum Gasteiger partial charge on any atom is -0.302 e. The average Bonchev–Trinajstić information content (AvgIpc) is 2.80. The van der Waals surface area contributed by atoms with Crippen LogP contribution in [-0.4, -0.2) is 58.7 Å². The summed E-state index contributed by atoms with van der Waals surface area (Å²) < 4.78 is 0. The van der Waals surface area contributed by atoms with Gasteiger partial charge in [0, 0.05) is 37.6 Å². The lowest BCUT2D eigenvalue weighted by molar-refractivity contribution is 0.208. The minimum atomic E-state index is 0.853. The summed E-state index contributed by atoms with van der Waals surface area (Å²) in [5.74, 6) is 0. The molecule has 1 aliphatic heterocycles. The Morgan fingerprint density at radius 2 is 1.81 bits per heavy atom. The van der Waals surface area contributed by atoms with Crippen LogP contribution in [0.3, 0.4) is 0 Å². The lowest BCUT2D eigenvalue weighted by Gasteiger charge is -2.25. The van der Waals surface area contributed by atoms with Gasteiger partial charge in [-0.15, -0.1) is 0 Å². The number of rotatable bonds is 7. The standard InChI is InChI=1S/C16H28N4S/c1-3-19(10-11-20-8-6-4-5-7-9-20)14-15-12-17-16(21-2)18-13-15/h12-13H,3-11,14H2,1-2H3. The second-order valence-electron chi connectivity index (χ2n) is 5.70. The van der Waals surface area contributed by atoms with Crippen LogP contribution in [0.4, 0.5) is 0 Å². The van der Waals surface area contributed by atoms with Crippen LogP contribution in [0.25, 0.3) is 0 Å². The number of nitrogens with zero attached hydrogens (tertiary/aromatic N) is 4. The molecule has 0 aromatic carbocycles. The van der Waals surface area contributed by atoms with E-state index < -0.39 is 0 Å². The first kappa shape index (κ1) is 16.7. The molecule has 0 bridgehead atoms. The smallest absolute Gasteiger partial charge is 0.187 e. The third kappa shape index (κ3) is 5.93. The van der Waals surface area contributed by atoms with Gasteiger partial charge in [0.15, 0.2) is 5.16 Å².